The summed E-state index contributed by atoms with van der Waals surface area (Å²) >= 11 is 0. The van der Waals surface area contributed by atoms with E-state index in [0.29, 0.717) is 5.92 Å². The van der Waals surface area contributed by atoms with Gasteiger partial charge in [0.1, 0.15) is 0 Å². The van der Waals surface area contributed by atoms with Crippen LogP contribution in [-0.4, -0.2) is 0 Å². The molecule has 4 aliphatic carbocycles. The average molecular weight is 791 g/mol. The Morgan fingerprint density at radius 1 is 0.246 bits per heavy atom. The van der Waals surface area contributed by atoms with E-state index >= 15 is 0 Å². The third kappa shape index (κ3) is 1.24. The van der Waals surface area contributed by atoms with E-state index in [2.05, 4.69) is 19.9 Å². The van der Waals surface area contributed by atoms with Gasteiger partial charge < -0.3 is 0 Å². The van der Waals surface area contributed by atoms with Gasteiger partial charge in [-0.2, -0.15) is 0 Å². The van der Waals surface area contributed by atoms with Gasteiger partial charge in [-0.25, -0.2) is 0 Å². The molecule has 0 saturated heterocycles. The molecule has 65 heavy (non-hydrogen) atoms. The number of allylic oxidation sites excluding steroid dienone is 2. The molecule has 32 rings (SSSR count). The molecule has 0 unspecified atom stereocenters. The summed E-state index contributed by atoms with van der Waals surface area (Å²) in [7, 11) is 0. The van der Waals surface area contributed by atoms with Crippen molar-refractivity contribution >= 4 is 291 Å². The smallest absolute Gasteiger partial charge is 0.0372 e. The lowest BCUT2D eigenvalue weighted by Gasteiger charge is -2.45. The maximum Gasteiger partial charge on any atom is 0.0372 e. The van der Waals surface area contributed by atoms with Crippen LogP contribution in [0.2, 0.25) is 0 Å². The van der Waals surface area contributed by atoms with Gasteiger partial charge in [0.2, 0.25) is 0 Å². The monoisotopic (exact) mass is 790 g/mol. The molecule has 0 bridgehead atoms. The molecular weight excluding hydrogens is 781 g/mol. The summed E-state index contributed by atoms with van der Waals surface area (Å²) < 4.78 is 0. The van der Waals surface area contributed by atoms with Gasteiger partial charge in [-0.1, -0.05) is 11.6 Å². The zero-order valence-electron chi connectivity index (χ0n) is 33.9. The van der Waals surface area contributed by atoms with E-state index in [1.54, 1.807) is 313 Å². The highest BCUT2D eigenvalue weighted by Crippen LogP contribution is 2.83. The molecular formula is C65H10. The van der Waals surface area contributed by atoms with Crippen LogP contribution in [-0.2, 0) is 5.41 Å². The van der Waals surface area contributed by atoms with Gasteiger partial charge in [0.15, 0.2) is 0 Å². The second-order valence-electron chi connectivity index (χ2n) is 24.7. The molecule has 0 amide bonds. The Kier molecular flexibility index (Phi) is 1.93. The number of hydrogen-bond donors (Lipinski definition) is 0. The van der Waals surface area contributed by atoms with Crippen molar-refractivity contribution in [1.29, 1.82) is 0 Å². The van der Waals surface area contributed by atoms with Crippen LogP contribution >= 0.6 is 0 Å². The molecule has 4 aliphatic rings. The maximum atomic E-state index is 2.73. The van der Waals surface area contributed by atoms with E-state index in [9.17, 15) is 0 Å². The van der Waals surface area contributed by atoms with Gasteiger partial charge in [-0.05, 0) is 333 Å². The van der Waals surface area contributed by atoms with Crippen LogP contribution in [0, 0.1) is 0 Å². The van der Waals surface area contributed by atoms with Crippen molar-refractivity contribution in [3.05, 3.63) is 33.9 Å². The molecule has 0 radical (unpaired) electrons. The Labute approximate surface area is 354 Å². The highest BCUT2D eigenvalue weighted by atomic mass is 14.6. The van der Waals surface area contributed by atoms with E-state index in [-0.39, 0.29) is 5.41 Å². The first-order valence-corrected chi connectivity index (χ1v) is 24.7. The molecule has 270 valence electrons. The first kappa shape index (κ1) is 23.8. The Morgan fingerprint density at radius 2 is 0.400 bits per heavy atom. The summed E-state index contributed by atoms with van der Waals surface area (Å²) in [4.78, 5) is 0. The van der Waals surface area contributed by atoms with E-state index in [1.807, 2.05) is 0 Å². The fraction of sp³-hybridized carbons (Fsp3) is 0.0769. The first-order valence-electron chi connectivity index (χ1n) is 24.7. The normalized spacial score (nSPS) is 21.4. The highest BCUT2D eigenvalue weighted by molar-refractivity contribution is 6.82. The summed E-state index contributed by atoms with van der Waals surface area (Å²) in [6.07, 6.45) is 3.82. The molecule has 0 spiro atoms. The first-order chi connectivity index (χ1) is 32.3. The Morgan fingerprint density at radius 3 is 0.600 bits per heavy atom. The second kappa shape index (κ2) is 5.27. The van der Waals surface area contributed by atoms with Crippen molar-refractivity contribution in [3.63, 3.8) is 0 Å². The van der Waals surface area contributed by atoms with Gasteiger partial charge in [-0.15, -0.1) is 0 Å². The fourth-order valence-corrected chi connectivity index (χ4v) is 24.0. The molecule has 0 heteroatoms. The lowest BCUT2D eigenvalue weighted by Crippen LogP contribution is -2.36. The predicted octanol–water partition coefficient (Wildman–Crippen LogP) is 18.5. The summed E-state index contributed by atoms with van der Waals surface area (Å²) in [6, 6.07) is 0. The van der Waals surface area contributed by atoms with Gasteiger partial charge in [0.05, 0.1) is 0 Å². The van der Waals surface area contributed by atoms with Gasteiger partial charge in [0, 0.05) is 11.3 Å². The average Bonchev–Trinajstić information content (AvgIpc) is 4.15. The van der Waals surface area contributed by atoms with E-state index in [0.717, 1.165) is 6.42 Å². The fourth-order valence-electron chi connectivity index (χ4n) is 24.0. The van der Waals surface area contributed by atoms with Crippen molar-refractivity contribution in [1.82, 2.24) is 0 Å². The van der Waals surface area contributed by atoms with Crippen molar-refractivity contribution in [2.75, 3.05) is 0 Å². The number of rotatable bonds is 2. The van der Waals surface area contributed by atoms with Crippen LogP contribution in [0.5, 0.6) is 0 Å². The standard InChI is InChI=1S/C65H10/c1-5(2)3-4-65-62-58-52-38-30-22-10-7-6-8-11(10)23-25-21-15(8)17-13-9(6)12-16-14(7)20-24(22)36(38)44-42-28(20)26(16)34-32-18(12)19(13)33-35-27(17)29(21)43-45-37(25)39(31(23)30)53(52)59(62)55(45)57-49(43)47(35)51-41(33)40(32)50-46(34)48(42)56(54(44)58)63(65)60(50)61(51)64(57)65/h3,62H,4H2,1-2H3. The largest absolute Gasteiger partial charge is 0.0846 e. The Bertz CT molecular complexity index is 6780. The van der Waals surface area contributed by atoms with Crippen molar-refractivity contribution in [2.45, 2.75) is 31.6 Å². The molecule has 0 nitrogen and oxygen atoms in total. The zero-order chi connectivity index (χ0) is 38.6. The zero-order valence-corrected chi connectivity index (χ0v) is 33.9. The SMILES string of the molecule is CC(C)=CCC12c3c4c5c6c7c8c(c9c%10c1c1c3c3c%11c4c4c5c5c7c7c%12c8c8c9c9c%10c%10c1c1c3c3c%11c%11c4c4c5c7c5c7c%12c8c8c9c9c%10c1c1c3c3c%11c4c5c4c7c8c9c1c34)C62. The van der Waals surface area contributed by atoms with Crippen LogP contribution in [0.25, 0.3) is 291 Å². The topological polar surface area (TPSA) is 0 Å². The molecule has 0 atom stereocenters. The van der Waals surface area contributed by atoms with Crippen LogP contribution in [0.3, 0.4) is 0 Å². The van der Waals surface area contributed by atoms with Crippen molar-refractivity contribution in [2.24, 2.45) is 0 Å². The third-order valence-electron chi connectivity index (χ3n) is 24.1. The lowest BCUT2D eigenvalue weighted by atomic mass is 9.56. The van der Waals surface area contributed by atoms with Crippen LogP contribution < -0.4 is 0 Å². The van der Waals surface area contributed by atoms with E-state index < -0.39 is 0 Å². The van der Waals surface area contributed by atoms with Gasteiger partial charge in [-0.3, -0.25) is 0 Å². The van der Waals surface area contributed by atoms with Gasteiger partial charge in [0.25, 0.3) is 0 Å². The summed E-state index contributed by atoms with van der Waals surface area (Å²) in [6.45, 7) is 4.78. The molecule has 0 heterocycles. The molecule has 0 N–H and O–H groups in total. The minimum atomic E-state index is -0.136. The van der Waals surface area contributed by atoms with E-state index in [4.69, 9.17) is 0 Å². The van der Waals surface area contributed by atoms with Crippen LogP contribution in [0.1, 0.15) is 48.4 Å². The maximum absolute atomic E-state index is 2.73. The predicted molar refractivity (Wildman–Crippen MR) is 279 cm³/mol. The van der Waals surface area contributed by atoms with Gasteiger partial charge >= 0.3 is 0 Å². The lowest BCUT2D eigenvalue weighted by molar-refractivity contribution is 0.480. The number of benzene rings is 18. The molecule has 0 aliphatic heterocycles. The van der Waals surface area contributed by atoms with Crippen molar-refractivity contribution < 1.29 is 0 Å². The molecule has 28 aromatic rings. The highest BCUT2D eigenvalue weighted by Gasteiger charge is 2.62. The summed E-state index contributed by atoms with van der Waals surface area (Å²) in [5, 5.41) is 91.0. The van der Waals surface area contributed by atoms with Crippen molar-refractivity contribution in [3.8, 4) is 0 Å². The Balaban J connectivity index is 1.27. The third-order valence-corrected chi connectivity index (χ3v) is 24.1. The van der Waals surface area contributed by atoms with Crippen LogP contribution in [0.4, 0.5) is 0 Å². The minimum Gasteiger partial charge on any atom is -0.0846 e. The molecule has 0 saturated carbocycles. The second-order valence-corrected chi connectivity index (χ2v) is 24.7. The minimum absolute atomic E-state index is 0.136. The molecule has 28 aromatic carbocycles. The molecule has 0 aromatic heterocycles. The Hall–Kier alpha value is -7.80. The van der Waals surface area contributed by atoms with Crippen LogP contribution in [0.15, 0.2) is 11.6 Å². The summed E-state index contributed by atoms with van der Waals surface area (Å²) in [5.41, 5.74) is 8.47. The quantitative estimate of drug-likeness (QED) is 0.121. The van der Waals surface area contributed by atoms with E-state index in [1.165, 1.54) is 5.57 Å². The summed E-state index contributed by atoms with van der Waals surface area (Å²) in [5.74, 6) is 0.337. The number of hydrogen-bond acceptors (Lipinski definition) is 0. The molecule has 0 fully saturated rings.